The Hall–Kier alpha value is -1.14. The third-order valence-electron chi connectivity index (χ3n) is 2.13. The van der Waals surface area contributed by atoms with Crippen LogP contribution in [0.4, 0.5) is 0 Å². The Balaban J connectivity index is 2.36. The van der Waals surface area contributed by atoms with Crippen LogP contribution in [0.25, 0.3) is 0 Å². The van der Waals surface area contributed by atoms with Gasteiger partial charge in [-0.2, -0.15) is 0 Å². The van der Waals surface area contributed by atoms with Gasteiger partial charge in [-0.1, -0.05) is 0 Å². The highest BCUT2D eigenvalue weighted by Crippen LogP contribution is 1.97. The summed E-state index contributed by atoms with van der Waals surface area (Å²) in [5.74, 6) is -0.757. The van der Waals surface area contributed by atoms with Crippen LogP contribution < -0.4 is 10.6 Å². The average Bonchev–Trinajstić information content (AvgIpc) is 2.29. The molecule has 1 fully saturated rings. The molecule has 0 aromatic heterocycles. The second kappa shape index (κ2) is 5.67. The van der Waals surface area contributed by atoms with Crippen molar-refractivity contribution in [1.29, 1.82) is 0 Å². The molecule has 0 radical (unpaired) electrons. The maximum Gasteiger partial charge on any atom is 0.328 e. The van der Waals surface area contributed by atoms with Crippen molar-refractivity contribution in [2.24, 2.45) is 0 Å². The van der Waals surface area contributed by atoms with Gasteiger partial charge in [0.05, 0.1) is 13.7 Å². The first-order valence-electron chi connectivity index (χ1n) is 4.85. The fourth-order valence-electron chi connectivity index (χ4n) is 1.28. The van der Waals surface area contributed by atoms with Crippen LogP contribution in [0.5, 0.6) is 0 Å². The summed E-state index contributed by atoms with van der Waals surface area (Å²) in [6.45, 7) is 3.29. The number of methoxy groups -OCH3 is 1. The van der Waals surface area contributed by atoms with Gasteiger partial charge in [-0.25, -0.2) is 4.79 Å². The Labute approximate surface area is 88.3 Å². The highest BCUT2D eigenvalue weighted by atomic mass is 16.5. The summed E-state index contributed by atoms with van der Waals surface area (Å²) in [7, 11) is 1.28. The number of carbonyl (C=O) groups excluding carboxylic acids is 2. The van der Waals surface area contributed by atoms with Gasteiger partial charge < -0.3 is 20.1 Å². The van der Waals surface area contributed by atoms with Gasteiger partial charge in [0, 0.05) is 13.1 Å². The van der Waals surface area contributed by atoms with Crippen molar-refractivity contribution < 1.29 is 19.1 Å². The second-order valence-corrected chi connectivity index (χ2v) is 3.32. The second-order valence-electron chi connectivity index (χ2n) is 3.32. The van der Waals surface area contributed by atoms with Crippen LogP contribution in [0, 0.1) is 0 Å². The molecule has 15 heavy (non-hydrogen) atoms. The zero-order valence-corrected chi connectivity index (χ0v) is 8.91. The van der Waals surface area contributed by atoms with E-state index in [9.17, 15) is 9.59 Å². The Morgan fingerprint density at radius 1 is 1.60 bits per heavy atom. The summed E-state index contributed by atoms with van der Waals surface area (Å²) in [4.78, 5) is 22.6. The summed E-state index contributed by atoms with van der Waals surface area (Å²) in [6.07, 6.45) is -0.522. The van der Waals surface area contributed by atoms with E-state index in [1.165, 1.54) is 7.11 Å². The first kappa shape index (κ1) is 11.9. The van der Waals surface area contributed by atoms with Gasteiger partial charge in [-0.15, -0.1) is 0 Å². The number of morpholine rings is 1. The molecule has 0 saturated carbocycles. The summed E-state index contributed by atoms with van der Waals surface area (Å²) < 4.78 is 9.72. The molecule has 1 heterocycles. The van der Waals surface area contributed by atoms with Crippen LogP contribution >= 0.6 is 0 Å². The smallest absolute Gasteiger partial charge is 0.328 e. The Morgan fingerprint density at radius 3 is 2.87 bits per heavy atom. The molecule has 6 heteroatoms. The fraction of sp³-hybridized carbons (Fsp3) is 0.778. The van der Waals surface area contributed by atoms with Crippen molar-refractivity contribution in [3.05, 3.63) is 0 Å². The van der Waals surface area contributed by atoms with Crippen molar-refractivity contribution in [2.45, 2.75) is 19.1 Å². The van der Waals surface area contributed by atoms with Crippen molar-refractivity contribution in [3.63, 3.8) is 0 Å². The molecule has 2 N–H and O–H groups in total. The minimum Gasteiger partial charge on any atom is -0.467 e. The average molecular weight is 216 g/mol. The van der Waals surface area contributed by atoms with Crippen LogP contribution in [0.2, 0.25) is 0 Å². The summed E-state index contributed by atoms with van der Waals surface area (Å²) >= 11 is 0. The monoisotopic (exact) mass is 216 g/mol. The van der Waals surface area contributed by atoms with Crippen LogP contribution in [0.1, 0.15) is 6.92 Å². The minimum atomic E-state index is -0.645. The number of rotatable bonds is 3. The topological polar surface area (TPSA) is 76.7 Å². The van der Waals surface area contributed by atoms with Crippen LogP contribution in [-0.4, -0.2) is 50.8 Å². The van der Waals surface area contributed by atoms with Crippen molar-refractivity contribution in [1.82, 2.24) is 10.6 Å². The van der Waals surface area contributed by atoms with E-state index in [-0.39, 0.29) is 5.91 Å². The molecule has 0 spiro atoms. The molecule has 0 aliphatic carbocycles. The third kappa shape index (κ3) is 3.49. The SMILES string of the molecule is COC(=O)[C@@H](C)NC(=O)[C@@H]1CNCCO1. The van der Waals surface area contributed by atoms with Crippen LogP contribution in [0.15, 0.2) is 0 Å². The van der Waals surface area contributed by atoms with Crippen molar-refractivity contribution in [3.8, 4) is 0 Å². The van der Waals surface area contributed by atoms with E-state index < -0.39 is 18.1 Å². The number of ether oxygens (including phenoxy) is 2. The highest BCUT2D eigenvalue weighted by molar-refractivity contribution is 5.86. The predicted octanol–water partition coefficient (Wildman–Crippen LogP) is -1.35. The molecule has 86 valence electrons. The summed E-state index contributed by atoms with van der Waals surface area (Å²) in [5.41, 5.74) is 0. The lowest BCUT2D eigenvalue weighted by Crippen LogP contribution is -2.51. The molecule has 1 amide bonds. The van der Waals surface area contributed by atoms with Crippen molar-refractivity contribution in [2.75, 3.05) is 26.8 Å². The summed E-state index contributed by atoms with van der Waals surface area (Å²) in [6, 6.07) is -0.645. The summed E-state index contributed by atoms with van der Waals surface area (Å²) in [5, 5.41) is 5.55. The van der Waals surface area contributed by atoms with Gasteiger partial charge >= 0.3 is 5.97 Å². The van der Waals surface area contributed by atoms with E-state index in [4.69, 9.17) is 4.74 Å². The van der Waals surface area contributed by atoms with Crippen molar-refractivity contribution >= 4 is 11.9 Å². The Kier molecular flexibility index (Phi) is 4.51. The molecule has 1 saturated heterocycles. The molecule has 2 atom stereocenters. The van der Waals surface area contributed by atoms with Crippen LogP contribution in [0.3, 0.4) is 0 Å². The van der Waals surface area contributed by atoms with Gasteiger partial charge in [0.2, 0.25) is 0 Å². The molecule has 6 nitrogen and oxygen atoms in total. The van der Waals surface area contributed by atoms with Gasteiger partial charge in [-0.05, 0) is 6.92 Å². The number of nitrogens with one attached hydrogen (secondary N) is 2. The lowest BCUT2D eigenvalue weighted by atomic mass is 10.2. The number of hydrogen-bond acceptors (Lipinski definition) is 5. The predicted molar refractivity (Wildman–Crippen MR) is 52.2 cm³/mol. The zero-order valence-electron chi connectivity index (χ0n) is 8.91. The first-order chi connectivity index (χ1) is 7.15. The van der Waals surface area contributed by atoms with E-state index in [1.807, 2.05) is 0 Å². The number of hydrogen-bond donors (Lipinski definition) is 2. The number of esters is 1. The van der Waals surface area contributed by atoms with Gasteiger partial charge in [0.1, 0.15) is 12.1 Å². The molecule has 0 bridgehead atoms. The van der Waals surface area contributed by atoms with E-state index >= 15 is 0 Å². The van der Waals surface area contributed by atoms with Gasteiger partial charge in [0.25, 0.3) is 5.91 Å². The fourth-order valence-corrected chi connectivity index (χ4v) is 1.28. The van der Waals surface area contributed by atoms with E-state index in [2.05, 4.69) is 15.4 Å². The lowest BCUT2D eigenvalue weighted by Gasteiger charge is -2.23. The highest BCUT2D eigenvalue weighted by Gasteiger charge is 2.25. The normalized spacial score (nSPS) is 22.9. The molecule has 1 aliphatic rings. The van der Waals surface area contributed by atoms with Gasteiger partial charge in [0.15, 0.2) is 0 Å². The molecular formula is C9H16N2O4. The Morgan fingerprint density at radius 2 is 2.33 bits per heavy atom. The maximum absolute atomic E-state index is 11.5. The largest absolute Gasteiger partial charge is 0.467 e. The number of amides is 1. The lowest BCUT2D eigenvalue weighted by molar-refractivity contribution is -0.146. The molecule has 0 aromatic carbocycles. The molecule has 0 aromatic rings. The molecule has 1 rings (SSSR count). The zero-order chi connectivity index (χ0) is 11.3. The quantitative estimate of drug-likeness (QED) is 0.571. The molecule has 1 aliphatic heterocycles. The van der Waals surface area contributed by atoms with Gasteiger partial charge in [-0.3, -0.25) is 4.79 Å². The first-order valence-corrected chi connectivity index (χ1v) is 4.85. The standard InChI is InChI=1S/C9H16N2O4/c1-6(9(13)14-2)11-8(12)7-5-10-3-4-15-7/h6-7,10H,3-5H2,1-2H3,(H,11,12)/t6-,7+/m1/s1. The Bertz CT molecular complexity index is 238. The molecular weight excluding hydrogens is 200 g/mol. The number of carbonyl (C=O) groups is 2. The maximum atomic E-state index is 11.5. The van der Waals surface area contributed by atoms with E-state index in [0.717, 1.165) is 6.54 Å². The van der Waals surface area contributed by atoms with E-state index in [1.54, 1.807) is 6.92 Å². The minimum absolute atomic E-state index is 0.292. The third-order valence-corrected chi connectivity index (χ3v) is 2.13. The van der Waals surface area contributed by atoms with E-state index in [0.29, 0.717) is 13.2 Å². The van der Waals surface area contributed by atoms with Crippen LogP contribution in [-0.2, 0) is 19.1 Å². The molecule has 0 unspecified atom stereocenters.